The lowest BCUT2D eigenvalue weighted by Crippen LogP contribution is -2.02. The summed E-state index contributed by atoms with van der Waals surface area (Å²) in [4.78, 5) is -0.0819. The summed E-state index contributed by atoms with van der Waals surface area (Å²) in [5, 5.41) is 0. The van der Waals surface area contributed by atoms with Crippen molar-refractivity contribution in [2.24, 2.45) is 5.41 Å². The second kappa shape index (κ2) is 6.65. The average Bonchev–Trinajstić information content (AvgIpc) is 3.32. The standard InChI is InChI=1S/C21H19F3O3S/c1-27-20-18(23)8-14(9-19(20)24)17-11-21(6-7-21)10-16(17)13-2-4-15(5-3-13)28(25,26)12-22/h2-5,8-9H,6-7,10-12H2,1H3. The fourth-order valence-corrected chi connectivity index (χ4v) is 4.64. The SMILES string of the molecule is COc1c(F)cc(C2=C(c3ccc(S(=O)(=O)CF)cc3)CC3(CC3)C2)cc1F. The molecule has 4 rings (SSSR count). The summed E-state index contributed by atoms with van der Waals surface area (Å²) in [5.74, 6) is -1.93. The number of hydrogen-bond donors (Lipinski definition) is 0. The molecule has 7 heteroatoms. The maximum absolute atomic E-state index is 14.2. The van der Waals surface area contributed by atoms with Crippen LogP contribution < -0.4 is 4.74 Å². The van der Waals surface area contributed by atoms with Crippen LogP contribution in [0.3, 0.4) is 0 Å². The average molecular weight is 408 g/mol. The summed E-state index contributed by atoms with van der Waals surface area (Å²) in [5.41, 5.74) is 3.19. The van der Waals surface area contributed by atoms with Gasteiger partial charge in [0.25, 0.3) is 0 Å². The molecule has 0 aliphatic heterocycles. The Kier molecular flexibility index (Phi) is 4.53. The van der Waals surface area contributed by atoms with Gasteiger partial charge in [-0.3, -0.25) is 0 Å². The van der Waals surface area contributed by atoms with Gasteiger partial charge in [0, 0.05) is 0 Å². The van der Waals surface area contributed by atoms with Crippen molar-refractivity contribution < 1.29 is 26.3 Å². The topological polar surface area (TPSA) is 43.4 Å². The van der Waals surface area contributed by atoms with E-state index in [-0.39, 0.29) is 10.3 Å². The fourth-order valence-electron chi connectivity index (χ4n) is 3.96. The van der Waals surface area contributed by atoms with E-state index < -0.39 is 33.2 Å². The third-order valence-corrected chi connectivity index (χ3v) is 6.96. The first kappa shape index (κ1) is 19.1. The van der Waals surface area contributed by atoms with Crippen LogP contribution in [0.15, 0.2) is 41.3 Å². The molecule has 0 radical (unpaired) electrons. The summed E-state index contributed by atoms with van der Waals surface area (Å²) in [6, 6.07) is 7.13. The first-order valence-corrected chi connectivity index (χ1v) is 10.6. The Morgan fingerprint density at radius 3 is 1.96 bits per heavy atom. The summed E-state index contributed by atoms with van der Waals surface area (Å²) in [6.07, 6.45) is 3.59. The Morgan fingerprint density at radius 1 is 0.964 bits per heavy atom. The molecule has 1 spiro atoms. The lowest BCUT2D eigenvalue weighted by molar-refractivity contribution is 0.359. The number of methoxy groups -OCH3 is 1. The third-order valence-electron chi connectivity index (χ3n) is 5.68. The molecule has 0 saturated heterocycles. The quantitative estimate of drug-likeness (QED) is 0.687. The van der Waals surface area contributed by atoms with Crippen LogP contribution in [0.1, 0.15) is 36.8 Å². The van der Waals surface area contributed by atoms with E-state index in [1.807, 2.05) is 0 Å². The van der Waals surface area contributed by atoms with Crippen LogP contribution >= 0.6 is 0 Å². The zero-order chi connectivity index (χ0) is 20.1. The second-order valence-corrected chi connectivity index (χ2v) is 9.45. The van der Waals surface area contributed by atoms with Crippen molar-refractivity contribution in [1.82, 2.24) is 0 Å². The molecular formula is C21H19F3O3S. The lowest BCUT2D eigenvalue weighted by atomic mass is 9.97. The van der Waals surface area contributed by atoms with E-state index in [2.05, 4.69) is 0 Å². The minimum Gasteiger partial charge on any atom is -0.491 e. The molecule has 0 bridgehead atoms. The van der Waals surface area contributed by atoms with Crippen LogP contribution in [-0.4, -0.2) is 21.5 Å². The van der Waals surface area contributed by atoms with Crippen LogP contribution in [-0.2, 0) is 9.84 Å². The predicted molar refractivity (Wildman–Crippen MR) is 100 cm³/mol. The molecule has 0 amide bonds. The number of ether oxygens (including phenoxy) is 1. The third kappa shape index (κ3) is 3.21. The van der Waals surface area contributed by atoms with Gasteiger partial charge in [-0.2, -0.15) is 0 Å². The van der Waals surface area contributed by atoms with Gasteiger partial charge in [0.2, 0.25) is 9.84 Å². The summed E-state index contributed by atoms with van der Waals surface area (Å²) in [7, 11) is -2.71. The van der Waals surface area contributed by atoms with Gasteiger partial charge in [-0.05, 0) is 77.6 Å². The molecule has 0 aromatic heterocycles. The normalized spacial score (nSPS) is 18.0. The van der Waals surface area contributed by atoms with Crippen molar-refractivity contribution in [2.45, 2.75) is 30.6 Å². The van der Waals surface area contributed by atoms with Crippen molar-refractivity contribution in [3.63, 3.8) is 0 Å². The summed E-state index contributed by atoms with van der Waals surface area (Å²) >= 11 is 0. The highest BCUT2D eigenvalue weighted by molar-refractivity contribution is 7.91. The molecule has 1 saturated carbocycles. The highest BCUT2D eigenvalue weighted by Crippen LogP contribution is 2.63. The fraction of sp³-hybridized carbons (Fsp3) is 0.333. The lowest BCUT2D eigenvalue weighted by Gasteiger charge is -2.11. The summed E-state index contributed by atoms with van der Waals surface area (Å²) in [6.45, 7) is 0. The zero-order valence-corrected chi connectivity index (χ0v) is 16.1. The first-order chi connectivity index (χ1) is 13.3. The molecule has 2 aliphatic carbocycles. The molecule has 0 unspecified atom stereocenters. The zero-order valence-electron chi connectivity index (χ0n) is 15.3. The Labute approximate surface area is 161 Å². The number of halogens is 3. The van der Waals surface area contributed by atoms with Crippen LogP contribution in [0.5, 0.6) is 5.75 Å². The molecular weight excluding hydrogens is 389 g/mol. The Morgan fingerprint density at radius 2 is 1.50 bits per heavy atom. The smallest absolute Gasteiger partial charge is 0.207 e. The van der Waals surface area contributed by atoms with E-state index in [1.54, 1.807) is 12.1 Å². The molecule has 0 atom stereocenters. The van der Waals surface area contributed by atoms with Crippen LogP contribution in [0, 0.1) is 17.0 Å². The molecule has 2 aliphatic rings. The molecule has 1 fully saturated rings. The maximum Gasteiger partial charge on any atom is 0.207 e. The van der Waals surface area contributed by atoms with Crippen molar-refractivity contribution in [2.75, 3.05) is 13.1 Å². The number of rotatable bonds is 5. The Balaban J connectivity index is 1.79. The molecule has 148 valence electrons. The Hall–Kier alpha value is -2.28. The highest BCUT2D eigenvalue weighted by Gasteiger charge is 2.48. The number of benzene rings is 2. The highest BCUT2D eigenvalue weighted by atomic mass is 32.2. The number of alkyl halides is 1. The molecule has 3 nitrogen and oxygen atoms in total. The Bertz CT molecular complexity index is 1050. The van der Waals surface area contributed by atoms with Gasteiger partial charge in [-0.25, -0.2) is 21.6 Å². The van der Waals surface area contributed by atoms with Gasteiger partial charge in [0.05, 0.1) is 12.0 Å². The van der Waals surface area contributed by atoms with Gasteiger partial charge < -0.3 is 4.74 Å². The second-order valence-electron chi connectivity index (χ2n) is 7.53. The van der Waals surface area contributed by atoms with Gasteiger partial charge in [0.15, 0.2) is 23.4 Å². The van der Waals surface area contributed by atoms with E-state index in [4.69, 9.17) is 4.74 Å². The molecule has 28 heavy (non-hydrogen) atoms. The molecule has 0 N–H and O–H groups in total. The largest absolute Gasteiger partial charge is 0.491 e. The minimum absolute atomic E-state index is 0.0819. The van der Waals surface area contributed by atoms with E-state index in [9.17, 15) is 21.6 Å². The monoisotopic (exact) mass is 408 g/mol. The van der Waals surface area contributed by atoms with Crippen molar-refractivity contribution in [1.29, 1.82) is 0 Å². The molecule has 2 aromatic carbocycles. The van der Waals surface area contributed by atoms with E-state index in [0.717, 1.165) is 42.4 Å². The van der Waals surface area contributed by atoms with Gasteiger partial charge in [-0.1, -0.05) is 12.1 Å². The van der Waals surface area contributed by atoms with Gasteiger partial charge >= 0.3 is 0 Å². The number of hydrogen-bond acceptors (Lipinski definition) is 3. The predicted octanol–water partition coefficient (Wildman–Crippen LogP) is 5.16. The molecule has 0 heterocycles. The summed E-state index contributed by atoms with van der Waals surface area (Å²) < 4.78 is 69.3. The minimum atomic E-state index is -3.93. The van der Waals surface area contributed by atoms with Crippen LogP contribution in [0.2, 0.25) is 0 Å². The first-order valence-electron chi connectivity index (χ1n) is 8.93. The van der Waals surface area contributed by atoms with Crippen molar-refractivity contribution in [3.05, 3.63) is 59.2 Å². The van der Waals surface area contributed by atoms with E-state index >= 15 is 0 Å². The van der Waals surface area contributed by atoms with Crippen LogP contribution in [0.25, 0.3) is 11.1 Å². The van der Waals surface area contributed by atoms with E-state index in [1.165, 1.54) is 31.4 Å². The number of allylic oxidation sites excluding steroid dienone is 2. The van der Waals surface area contributed by atoms with E-state index in [0.29, 0.717) is 5.56 Å². The number of sulfone groups is 1. The maximum atomic E-state index is 14.2. The van der Waals surface area contributed by atoms with Gasteiger partial charge in [-0.15, -0.1) is 0 Å². The van der Waals surface area contributed by atoms with Crippen molar-refractivity contribution >= 4 is 21.0 Å². The van der Waals surface area contributed by atoms with Crippen molar-refractivity contribution in [3.8, 4) is 5.75 Å². The van der Waals surface area contributed by atoms with Gasteiger partial charge in [0.1, 0.15) is 0 Å². The van der Waals surface area contributed by atoms with Crippen LogP contribution in [0.4, 0.5) is 13.2 Å². The molecule has 2 aromatic rings.